The third-order valence-corrected chi connectivity index (χ3v) is 4.54. The fraction of sp³-hybridized carbons (Fsp3) is 0.250. The van der Waals surface area contributed by atoms with Crippen molar-refractivity contribution in [2.24, 2.45) is 0 Å². The molecule has 0 aliphatic rings. The summed E-state index contributed by atoms with van der Waals surface area (Å²) < 4.78 is 31.0. The van der Waals surface area contributed by atoms with E-state index < -0.39 is 16.0 Å². The van der Waals surface area contributed by atoms with E-state index in [-0.39, 0.29) is 10.6 Å². The highest BCUT2D eigenvalue weighted by Gasteiger charge is 2.17. The van der Waals surface area contributed by atoms with Crippen molar-refractivity contribution >= 4 is 16.0 Å². The Balaban J connectivity index is 2.32. The Morgan fingerprint density at radius 2 is 2.00 bits per heavy atom. The average molecular weight is 310 g/mol. The number of carbonyl (C=O) groups excluding carboxylic acids is 1. The Bertz CT molecular complexity index is 750. The van der Waals surface area contributed by atoms with Crippen LogP contribution in [0.4, 0.5) is 0 Å². The molecular formula is C12H14N4O4S. The summed E-state index contributed by atoms with van der Waals surface area (Å²) in [5.74, 6) is -0.115. The van der Waals surface area contributed by atoms with Crippen molar-refractivity contribution in [3.63, 3.8) is 0 Å². The minimum absolute atomic E-state index is 0.0876. The van der Waals surface area contributed by atoms with Gasteiger partial charge < -0.3 is 4.74 Å². The number of esters is 1. The number of carbonyl (C=O) groups is 1. The standard InChI is InChI=1S/C12H14N4O4S/c1-15(2)21(18,19)9-4-5-11(13-6-9)16-7-10(14-8-16)12(17)20-3/h4-8H,1-3H3. The van der Waals surface area contributed by atoms with Crippen LogP contribution < -0.4 is 0 Å². The van der Waals surface area contributed by atoms with E-state index in [1.807, 2.05) is 0 Å². The van der Waals surface area contributed by atoms with Crippen LogP contribution in [0.2, 0.25) is 0 Å². The molecule has 2 heterocycles. The highest BCUT2D eigenvalue weighted by atomic mass is 32.2. The molecule has 0 saturated carbocycles. The van der Waals surface area contributed by atoms with Crippen molar-refractivity contribution in [3.8, 4) is 5.82 Å². The lowest BCUT2D eigenvalue weighted by atomic mass is 10.4. The van der Waals surface area contributed by atoms with Crippen LogP contribution in [0, 0.1) is 0 Å². The maximum atomic E-state index is 11.9. The number of sulfonamides is 1. The minimum atomic E-state index is -3.52. The predicted octanol–water partition coefficient (Wildman–Crippen LogP) is 0.304. The lowest BCUT2D eigenvalue weighted by molar-refractivity contribution is 0.0594. The van der Waals surface area contributed by atoms with Crippen molar-refractivity contribution in [1.29, 1.82) is 0 Å². The molecule has 0 aromatic carbocycles. The average Bonchev–Trinajstić information content (AvgIpc) is 2.96. The van der Waals surface area contributed by atoms with E-state index in [2.05, 4.69) is 14.7 Å². The Kier molecular flexibility index (Phi) is 4.05. The van der Waals surface area contributed by atoms with E-state index in [0.29, 0.717) is 5.82 Å². The third kappa shape index (κ3) is 2.93. The van der Waals surface area contributed by atoms with Gasteiger partial charge in [0.15, 0.2) is 5.69 Å². The Labute approximate surface area is 122 Å². The van der Waals surface area contributed by atoms with Crippen LogP contribution in [0.5, 0.6) is 0 Å². The smallest absolute Gasteiger partial charge is 0.358 e. The molecule has 112 valence electrons. The summed E-state index contributed by atoms with van der Waals surface area (Å²) in [6.07, 6.45) is 4.10. The molecule has 0 saturated heterocycles. The molecule has 0 atom stereocenters. The van der Waals surface area contributed by atoms with Crippen molar-refractivity contribution in [2.45, 2.75) is 4.90 Å². The maximum absolute atomic E-state index is 11.9. The van der Waals surface area contributed by atoms with Crippen LogP contribution in [0.15, 0.2) is 35.7 Å². The maximum Gasteiger partial charge on any atom is 0.358 e. The van der Waals surface area contributed by atoms with Gasteiger partial charge in [0.25, 0.3) is 0 Å². The van der Waals surface area contributed by atoms with Gasteiger partial charge in [0, 0.05) is 26.5 Å². The molecule has 2 rings (SSSR count). The Morgan fingerprint density at radius 3 is 2.52 bits per heavy atom. The Morgan fingerprint density at radius 1 is 1.29 bits per heavy atom. The van der Waals surface area contributed by atoms with E-state index in [4.69, 9.17) is 0 Å². The van der Waals surface area contributed by atoms with Gasteiger partial charge in [-0.25, -0.2) is 27.5 Å². The third-order valence-electron chi connectivity index (χ3n) is 2.74. The molecule has 0 amide bonds. The number of nitrogens with zero attached hydrogens (tertiary/aromatic N) is 4. The van der Waals surface area contributed by atoms with Gasteiger partial charge in [-0.05, 0) is 12.1 Å². The van der Waals surface area contributed by atoms with E-state index in [0.717, 1.165) is 4.31 Å². The van der Waals surface area contributed by atoms with Crippen molar-refractivity contribution < 1.29 is 17.9 Å². The number of hydrogen-bond acceptors (Lipinski definition) is 6. The number of rotatable bonds is 4. The summed E-state index contributed by atoms with van der Waals surface area (Å²) in [6, 6.07) is 2.97. The zero-order valence-corrected chi connectivity index (χ0v) is 12.5. The number of aromatic nitrogens is 3. The first-order chi connectivity index (χ1) is 9.86. The van der Waals surface area contributed by atoms with Gasteiger partial charge in [-0.1, -0.05) is 0 Å². The monoisotopic (exact) mass is 310 g/mol. The first-order valence-electron chi connectivity index (χ1n) is 5.87. The largest absolute Gasteiger partial charge is 0.464 e. The normalized spacial score (nSPS) is 11.6. The summed E-state index contributed by atoms with van der Waals surface area (Å²) >= 11 is 0. The van der Waals surface area contributed by atoms with Gasteiger partial charge in [0.05, 0.1) is 7.11 Å². The fourth-order valence-electron chi connectivity index (χ4n) is 1.55. The summed E-state index contributed by atoms with van der Waals surface area (Å²) in [5.41, 5.74) is 0.143. The van der Waals surface area contributed by atoms with Crippen molar-refractivity contribution in [2.75, 3.05) is 21.2 Å². The molecule has 0 spiro atoms. The number of ether oxygens (including phenoxy) is 1. The SMILES string of the molecule is COC(=O)c1cn(-c2ccc(S(=O)(=O)N(C)C)cn2)cn1. The molecule has 0 bridgehead atoms. The summed E-state index contributed by atoms with van der Waals surface area (Å²) in [5, 5.41) is 0. The van der Waals surface area contributed by atoms with Crippen LogP contribution in [0.25, 0.3) is 5.82 Å². The van der Waals surface area contributed by atoms with Crippen LogP contribution in [0.3, 0.4) is 0 Å². The molecule has 0 fully saturated rings. The second-order valence-electron chi connectivity index (χ2n) is 4.30. The molecule has 0 N–H and O–H groups in total. The number of methoxy groups -OCH3 is 1. The molecule has 0 aliphatic carbocycles. The molecule has 21 heavy (non-hydrogen) atoms. The zero-order valence-electron chi connectivity index (χ0n) is 11.7. The van der Waals surface area contributed by atoms with E-state index in [1.54, 1.807) is 0 Å². The second-order valence-corrected chi connectivity index (χ2v) is 6.45. The number of hydrogen-bond donors (Lipinski definition) is 0. The molecule has 9 heteroatoms. The first kappa shape index (κ1) is 15.1. The van der Waals surface area contributed by atoms with Gasteiger partial charge in [0.2, 0.25) is 10.0 Å². The summed E-state index contributed by atoms with van der Waals surface area (Å²) in [7, 11) is 0.641. The number of pyridine rings is 1. The van der Waals surface area contributed by atoms with Crippen LogP contribution in [0.1, 0.15) is 10.5 Å². The lowest BCUT2D eigenvalue weighted by Gasteiger charge is -2.11. The van der Waals surface area contributed by atoms with Crippen LogP contribution in [-0.4, -0.2) is 54.4 Å². The van der Waals surface area contributed by atoms with E-state index in [9.17, 15) is 13.2 Å². The summed E-state index contributed by atoms with van der Waals surface area (Å²) in [6.45, 7) is 0. The fourth-order valence-corrected chi connectivity index (χ4v) is 2.39. The van der Waals surface area contributed by atoms with Crippen LogP contribution >= 0.6 is 0 Å². The van der Waals surface area contributed by atoms with Crippen molar-refractivity contribution in [3.05, 3.63) is 36.5 Å². The Hall–Kier alpha value is -2.26. The highest BCUT2D eigenvalue weighted by Crippen LogP contribution is 2.14. The van der Waals surface area contributed by atoms with Crippen molar-refractivity contribution in [1.82, 2.24) is 18.8 Å². The van der Waals surface area contributed by atoms with Gasteiger partial charge >= 0.3 is 5.97 Å². The van der Waals surface area contributed by atoms with Crippen LogP contribution in [-0.2, 0) is 14.8 Å². The highest BCUT2D eigenvalue weighted by molar-refractivity contribution is 7.89. The molecule has 0 unspecified atom stereocenters. The lowest BCUT2D eigenvalue weighted by Crippen LogP contribution is -2.22. The molecule has 8 nitrogen and oxygen atoms in total. The summed E-state index contributed by atoms with van der Waals surface area (Å²) in [4.78, 5) is 19.3. The topological polar surface area (TPSA) is 94.4 Å². The van der Waals surface area contributed by atoms with Gasteiger partial charge in [-0.3, -0.25) is 4.57 Å². The van der Waals surface area contributed by atoms with Gasteiger partial charge in [0.1, 0.15) is 17.0 Å². The second kappa shape index (κ2) is 5.62. The van der Waals surface area contributed by atoms with E-state index >= 15 is 0 Å². The molecule has 2 aromatic rings. The first-order valence-corrected chi connectivity index (χ1v) is 7.31. The molecule has 0 aliphatic heterocycles. The minimum Gasteiger partial charge on any atom is -0.464 e. The van der Waals surface area contributed by atoms with Gasteiger partial charge in [-0.15, -0.1) is 0 Å². The predicted molar refractivity (Wildman–Crippen MR) is 73.6 cm³/mol. The quantitative estimate of drug-likeness (QED) is 0.754. The molecular weight excluding hydrogens is 296 g/mol. The van der Waals surface area contributed by atoms with Gasteiger partial charge in [-0.2, -0.15) is 0 Å². The van der Waals surface area contributed by atoms with E-state index in [1.165, 1.54) is 56.6 Å². The molecule has 2 aromatic heterocycles. The number of imidazole rings is 1. The molecule has 0 radical (unpaired) electrons. The zero-order chi connectivity index (χ0) is 15.6.